The van der Waals surface area contributed by atoms with Gasteiger partial charge < -0.3 is 5.21 Å². The highest BCUT2D eigenvalue weighted by atomic mass is 79.9. The minimum Gasteiger partial charge on any atom is -0.411 e. The first kappa shape index (κ1) is 15.9. The van der Waals surface area contributed by atoms with Gasteiger partial charge in [0.25, 0.3) is 10.0 Å². The summed E-state index contributed by atoms with van der Waals surface area (Å²) < 4.78 is 27.9. The lowest BCUT2D eigenvalue weighted by Crippen LogP contribution is -2.43. The quantitative estimate of drug-likeness (QED) is 0.646. The van der Waals surface area contributed by atoms with Gasteiger partial charge in [0.1, 0.15) is 4.21 Å². The Labute approximate surface area is 131 Å². The summed E-state index contributed by atoms with van der Waals surface area (Å²) in [5, 5.41) is 12.3. The van der Waals surface area contributed by atoms with Gasteiger partial charge in [-0.05, 0) is 40.9 Å². The molecule has 1 aromatic rings. The van der Waals surface area contributed by atoms with Gasteiger partial charge in [-0.2, -0.15) is 4.31 Å². The third-order valence-corrected chi connectivity index (χ3v) is 8.01. The molecule has 2 rings (SSSR count). The van der Waals surface area contributed by atoms with Crippen molar-refractivity contribution in [2.24, 2.45) is 11.1 Å². The molecule has 0 aromatic carbocycles. The van der Waals surface area contributed by atoms with Crippen LogP contribution in [0.25, 0.3) is 0 Å². The zero-order chi connectivity index (χ0) is 14.9. The molecule has 1 saturated heterocycles. The molecule has 1 N–H and O–H groups in total. The van der Waals surface area contributed by atoms with E-state index in [1.165, 1.54) is 15.6 Å². The molecule has 112 valence electrons. The van der Waals surface area contributed by atoms with Crippen LogP contribution >= 0.6 is 27.3 Å². The summed E-state index contributed by atoms with van der Waals surface area (Å²) in [5.41, 5.74) is 1.62. The highest BCUT2D eigenvalue weighted by Crippen LogP contribution is 2.33. The van der Waals surface area contributed by atoms with Gasteiger partial charge in [0.05, 0.1) is 9.50 Å². The summed E-state index contributed by atoms with van der Waals surface area (Å²) in [6, 6.07) is 1.70. The lowest BCUT2D eigenvalue weighted by atomic mass is 9.95. The molecule has 0 saturated carbocycles. The Morgan fingerprint density at radius 2 is 2.30 bits per heavy atom. The van der Waals surface area contributed by atoms with Gasteiger partial charge in [0, 0.05) is 25.4 Å². The lowest BCUT2D eigenvalue weighted by Gasteiger charge is -2.31. The SMILES string of the molecule is CCC1CN(S(=O)(=O)c2cc(C)c(Br)s2)CCC1=NO. The summed E-state index contributed by atoms with van der Waals surface area (Å²) in [7, 11) is -3.45. The molecular weight excluding hydrogens is 364 g/mol. The molecule has 8 heteroatoms. The third-order valence-electron chi connectivity index (χ3n) is 3.56. The van der Waals surface area contributed by atoms with E-state index in [0.717, 1.165) is 15.8 Å². The Morgan fingerprint density at radius 3 is 2.80 bits per heavy atom. The van der Waals surface area contributed by atoms with Crippen molar-refractivity contribution in [2.45, 2.75) is 30.9 Å². The molecule has 0 radical (unpaired) electrons. The van der Waals surface area contributed by atoms with Crippen LogP contribution in [0.4, 0.5) is 0 Å². The average molecular weight is 381 g/mol. The summed E-state index contributed by atoms with van der Waals surface area (Å²) in [4.78, 5) is 0. The number of nitrogens with zero attached hydrogens (tertiary/aromatic N) is 2. The normalized spacial score (nSPS) is 23.4. The fourth-order valence-corrected chi connectivity index (χ4v) is 6.15. The Balaban J connectivity index is 2.27. The maximum absolute atomic E-state index is 12.6. The Hall–Kier alpha value is -0.440. The number of thiophene rings is 1. The van der Waals surface area contributed by atoms with Crippen LogP contribution in [0.3, 0.4) is 0 Å². The largest absolute Gasteiger partial charge is 0.411 e. The summed E-state index contributed by atoms with van der Waals surface area (Å²) >= 11 is 4.60. The van der Waals surface area contributed by atoms with E-state index in [0.29, 0.717) is 29.4 Å². The van der Waals surface area contributed by atoms with E-state index in [-0.39, 0.29) is 5.92 Å². The minimum absolute atomic E-state index is 0.00646. The second-order valence-corrected chi connectivity index (χ2v) is 9.37. The molecular formula is C12H17BrN2O3S2. The molecule has 1 aromatic heterocycles. The van der Waals surface area contributed by atoms with Crippen LogP contribution in [0.1, 0.15) is 25.3 Å². The van der Waals surface area contributed by atoms with Gasteiger partial charge in [-0.25, -0.2) is 8.42 Å². The van der Waals surface area contributed by atoms with E-state index in [2.05, 4.69) is 21.1 Å². The molecule has 20 heavy (non-hydrogen) atoms. The fraction of sp³-hybridized carbons (Fsp3) is 0.583. The van der Waals surface area contributed by atoms with Crippen molar-refractivity contribution < 1.29 is 13.6 Å². The lowest BCUT2D eigenvalue weighted by molar-refractivity contribution is 0.296. The van der Waals surface area contributed by atoms with Gasteiger partial charge in [-0.15, -0.1) is 11.3 Å². The van der Waals surface area contributed by atoms with Crippen molar-refractivity contribution >= 4 is 43.0 Å². The number of hydrogen-bond donors (Lipinski definition) is 1. The molecule has 0 amide bonds. The minimum atomic E-state index is -3.45. The smallest absolute Gasteiger partial charge is 0.252 e. The van der Waals surface area contributed by atoms with Crippen LogP contribution < -0.4 is 0 Å². The first-order valence-corrected chi connectivity index (χ1v) is 9.42. The van der Waals surface area contributed by atoms with Gasteiger partial charge >= 0.3 is 0 Å². The van der Waals surface area contributed by atoms with Gasteiger partial charge in [-0.3, -0.25) is 0 Å². The average Bonchev–Trinajstić information content (AvgIpc) is 2.78. The highest BCUT2D eigenvalue weighted by molar-refractivity contribution is 9.11. The molecule has 0 spiro atoms. The summed E-state index contributed by atoms with van der Waals surface area (Å²) in [6.45, 7) is 4.60. The number of halogens is 1. The molecule has 1 unspecified atom stereocenters. The van der Waals surface area contributed by atoms with Gasteiger partial charge in [0.15, 0.2) is 0 Å². The predicted octanol–water partition coefficient (Wildman–Crippen LogP) is 3.07. The van der Waals surface area contributed by atoms with Crippen molar-refractivity contribution in [1.82, 2.24) is 4.31 Å². The maximum atomic E-state index is 12.6. The van der Waals surface area contributed by atoms with E-state index in [4.69, 9.17) is 5.21 Å². The van der Waals surface area contributed by atoms with Crippen LogP contribution in [0.2, 0.25) is 0 Å². The number of aryl methyl sites for hydroxylation is 1. The molecule has 1 aliphatic rings. The third kappa shape index (κ3) is 2.93. The highest BCUT2D eigenvalue weighted by Gasteiger charge is 2.34. The predicted molar refractivity (Wildman–Crippen MR) is 83.1 cm³/mol. The Bertz CT molecular complexity index is 605. The molecule has 1 fully saturated rings. The van der Waals surface area contributed by atoms with E-state index in [9.17, 15) is 8.42 Å². The van der Waals surface area contributed by atoms with E-state index in [1.54, 1.807) is 6.07 Å². The summed E-state index contributed by atoms with van der Waals surface area (Å²) in [6.07, 6.45) is 1.25. The summed E-state index contributed by atoms with van der Waals surface area (Å²) in [5.74, 6) is -0.00646. The fourth-order valence-electron chi connectivity index (χ4n) is 2.29. The topological polar surface area (TPSA) is 70.0 Å². The zero-order valence-corrected chi connectivity index (χ0v) is 14.6. The number of piperidine rings is 1. The Morgan fingerprint density at radius 1 is 1.60 bits per heavy atom. The number of oxime groups is 1. The molecule has 0 aliphatic carbocycles. The van der Waals surface area contributed by atoms with Crippen molar-refractivity contribution in [2.75, 3.05) is 13.1 Å². The van der Waals surface area contributed by atoms with Crippen molar-refractivity contribution in [1.29, 1.82) is 0 Å². The second kappa shape index (κ2) is 6.13. The molecule has 1 atom stereocenters. The standard InChI is InChI=1S/C12H17BrN2O3S2/c1-3-9-7-15(5-4-10(9)14-16)20(17,18)11-6-8(2)12(13)19-11/h6,9,16H,3-5,7H2,1-2H3. The van der Waals surface area contributed by atoms with Crippen LogP contribution in [0.15, 0.2) is 19.2 Å². The molecule has 2 heterocycles. The van der Waals surface area contributed by atoms with Crippen molar-refractivity contribution in [3.8, 4) is 0 Å². The Kier molecular flexibility index (Phi) is 4.88. The van der Waals surface area contributed by atoms with Gasteiger partial charge in [-0.1, -0.05) is 12.1 Å². The van der Waals surface area contributed by atoms with E-state index in [1.807, 2.05) is 13.8 Å². The van der Waals surface area contributed by atoms with E-state index < -0.39 is 10.0 Å². The molecule has 0 bridgehead atoms. The number of sulfonamides is 1. The van der Waals surface area contributed by atoms with Crippen LogP contribution in [0, 0.1) is 12.8 Å². The zero-order valence-electron chi connectivity index (χ0n) is 11.3. The first-order valence-electron chi connectivity index (χ1n) is 6.37. The van der Waals surface area contributed by atoms with Crippen LogP contribution in [0.5, 0.6) is 0 Å². The van der Waals surface area contributed by atoms with Crippen LogP contribution in [-0.2, 0) is 10.0 Å². The molecule has 5 nitrogen and oxygen atoms in total. The van der Waals surface area contributed by atoms with Crippen molar-refractivity contribution in [3.63, 3.8) is 0 Å². The maximum Gasteiger partial charge on any atom is 0.252 e. The number of hydrogen-bond acceptors (Lipinski definition) is 5. The van der Waals surface area contributed by atoms with Crippen LogP contribution in [-0.4, -0.2) is 36.7 Å². The monoisotopic (exact) mass is 380 g/mol. The number of rotatable bonds is 3. The van der Waals surface area contributed by atoms with Gasteiger partial charge in [0.2, 0.25) is 0 Å². The molecule has 1 aliphatic heterocycles. The van der Waals surface area contributed by atoms with E-state index >= 15 is 0 Å². The second-order valence-electron chi connectivity index (χ2n) is 4.83. The van der Waals surface area contributed by atoms with Crippen molar-refractivity contribution in [3.05, 3.63) is 15.4 Å². The first-order chi connectivity index (χ1) is 9.40.